The van der Waals surface area contributed by atoms with Gasteiger partial charge in [-0.25, -0.2) is 0 Å². The molecule has 1 aliphatic heterocycles. The molecule has 1 aliphatic rings. The lowest BCUT2D eigenvalue weighted by Gasteiger charge is -2.20. The lowest BCUT2D eigenvalue weighted by atomic mass is 10.2. The van der Waals surface area contributed by atoms with Crippen LogP contribution >= 0.6 is 0 Å². The first kappa shape index (κ1) is 20.2. The molecule has 7 nitrogen and oxygen atoms in total. The van der Waals surface area contributed by atoms with Crippen LogP contribution in [0.25, 0.3) is 0 Å². The Labute approximate surface area is 156 Å². The molecule has 7 heteroatoms. The van der Waals surface area contributed by atoms with Crippen LogP contribution < -0.4 is 25.3 Å². The smallest absolute Gasteiger partial charge is 0.188 e. The minimum absolute atomic E-state index is 0.510. The highest BCUT2D eigenvalue weighted by Crippen LogP contribution is 2.27. The predicted molar refractivity (Wildman–Crippen MR) is 104 cm³/mol. The zero-order valence-electron chi connectivity index (χ0n) is 16.2. The van der Waals surface area contributed by atoms with Gasteiger partial charge in [0.1, 0.15) is 17.2 Å². The van der Waals surface area contributed by atoms with Crippen molar-refractivity contribution in [3.8, 4) is 17.2 Å². The molecule has 0 spiro atoms. The van der Waals surface area contributed by atoms with Crippen LogP contribution in [0.2, 0.25) is 0 Å². The van der Waals surface area contributed by atoms with Gasteiger partial charge < -0.3 is 25.3 Å². The van der Waals surface area contributed by atoms with Gasteiger partial charge in [-0.15, -0.1) is 0 Å². The highest BCUT2D eigenvalue weighted by molar-refractivity contribution is 5.77. The molecular formula is C19H32N4O3. The number of nitrogens with two attached hydrogens (primary N) is 1. The molecule has 1 heterocycles. The first-order valence-electron chi connectivity index (χ1n) is 9.30. The number of likely N-dealkylation sites (tertiary alicyclic amines) is 1. The minimum Gasteiger partial charge on any atom is -0.496 e. The topological polar surface area (TPSA) is 81.3 Å². The van der Waals surface area contributed by atoms with Gasteiger partial charge in [-0.3, -0.25) is 9.89 Å². The average Bonchev–Trinajstić information content (AvgIpc) is 3.13. The Bertz CT molecular complexity index is 558. The first-order chi connectivity index (χ1) is 12.7. The molecule has 1 aromatic carbocycles. The molecule has 3 N–H and O–H groups in total. The summed E-state index contributed by atoms with van der Waals surface area (Å²) in [6.45, 7) is 6.52. The van der Waals surface area contributed by atoms with Crippen LogP contribution in [0.5, 0.6) is 17.2 Å². The SMILES string of the molecule is CCN1CCCC1CN=C(N)NCCCOc1cc(OC)cc(OC)c1. The lowest BCUT2D eigenvalue weighted by Crippen LogP contribution is -2.36. The van der Waals surface area contributed by atoms with Gasteiger partial charge in [0.2, 0.25) is 0 Å². The number of nitrogens with zero attached hydrogens (tertiary/aromatic N) is 2. The van der Waals surface area contributed by atoms with Crippen molar-refractivity contribution in [3.63, 3.8) is 0 Å². The molecule has 0 aliphatic carbocycles. The molecule has 0 saturated carbocycles. The van der Waals surface area contributed by atoms with Crippen LogP contribution in [0, 0.1) is 0 Å². The molecule has 0 radical (unpaired) electrons. The average molecular weight is 364 g/mol. The third-order valence-electron chi connectivity index (χ3n) is 4.60. The van der Waals surface area contributed by atoms with Gasteiger partial charge >= 0.3 is 0 Å². The van der Waals surface area contributed by atoms with Crippen LogP contribution in [-0.2, 0) is 0 Å². The number of likely N-dealkylation sites (N-methyl/N-ethyl adjacent to an activating group) is 1. The Balaban J connectivity index is 1.66. The molecule has 1 atom stereocenters. The monoisotopic (exact) mass is 364 g/mol. The summed E-state index contributed by atoms with van der Waals surface area (Å²) in [5, 5.41) is 3.15. The summed E-state index contributed by atoms with van der Waals surface area (Å²) in [5.41, 5.74) is 5.95. The summed E-state index contributed by atoms with van der Waals surface area (Å²) >= 11 is 0. The summed E-state index contributed by atoms with van der Waals surface area (Å²) in [5.74, 6) is 2.66. The van der Waals surface area contributed by atoms with Gasteiger partial charge in [-0.05, 0) is 32.4 Å². The van der Waals surface area contributed by atoms with E-state index in [0.29, 0.717) is 30.1 Å². The van der Waals surface area contributed by atoms with Crippen LogP contribution in [0.15, 0.2) is 23.2 Å². The maximum atomic E-state index is 5.95. The number of hydrogen-bond acceptors (Lipinski definition) is 5. The molecule has 1 fully saturated rings. The van der Waals surface area contributed by atoms with E-state index in [0.717, 1.165) is 31.8 Å². The fraction of sp³-hybridized carbons (Fsp3) is 0.632. The van der Waals surface area contributed by atoms with Crippen molar-refractivity contribution in [2.24, 2.45) is 10.7 Å². The van der Waals surface area contributed by atoms with Gasteiger partial charge in [0.25, 0.3) is 0 Å². The second-order valence-corrected chi connectivity index (χ2v) is 6.33. The summed E-state index contributed by atoms with van der Waals surface area (Å²) < 4.78 is 16.2. The molecular weight excluding hydrogens is 332 g/mol. The molecule has 146 valence electrons. The van der Waals surface area contributed by atoms with E-state index < -0.39 is 0 Å². The van der Waals surface area contributed by atoms with Crippen LogP contribution in [-0.4, -0.2) is 63.9 Å². The maximum absolute atomic E-state index is 5.95. The number of guanidine groups is 1. The number of nitrogens with one attached hydrogen (secondary N) is 1. The highest BCUT2D eigenvalue weighted by Gasteiger charge is 2.22. The van der Waals surface area contributed by atoms with E-state index >= 15 is 0 Å². The van der Waals surface area contributed by atoms with E-state index in [2.05, 4.69) is 22.1 Å². The third kappa shape index (κ3) is 6.29. The van der Waals surface area contributed by atoms with Crippen molar-refractivity contribution in [2.45, 2.75) is 32.2 Å². The number of hydrogen-bond donors (Lipinski definition) is 2. The fourth-order valence-corrected chi connectivity index (χ4v) is 3.12. The van der Waals surface area contributed by atoms with Gasteiger partial charge in [-0.2, -0.15) is 0 Å². The van der Waals surface area contributed by atoms with Crippen molar-refractivity contribution in [1.29, 1.82) is 0 Å². The Morgan fingerprint density at radius 2 is 1.92 bits per heavy atom. The molecule has 26 heavy (non-hydrogen) atoms. The van der Waals surface area contributed by atoms with E-state index in [1.165, 1.54) is 19.4 Å². The summed E-state index contributed by atoms with van der Waals surface area (Å²) in [7, 11) is 3.24. The minimum atomic E-state index is 0.510. The molecule has 0 amide bonds. The van der Waals surface area contributed by atoms with Gasteiger partial charge in [0.05, 0.1) is 27.4 Å². The Morgan fingerprint density at radius 3 is 2.58 bits per heavy atom. The van der Waals surface area contributed by atoms with Crippen molar-refractivity contribution < 1.29 is 14.2 Å². The van der Waals surface area contributed by atoms with Crippen LogP contribution in [0.3, 0.4) is 0 Å². The summed E-state index contributed by atoms with van der Waals surface area (Å²) in [6, 6.07) is 6.03. The quantitative estimate of drug-likeness (QED) is 0.375. The first-order valence-corrected chi connectivity index (χ1v) is 9.30. The predicted octanol–water partition coefficient (Wildman–Crippen LogP) is 1.86. The number of aliphatic imine (C=N–C) groups is 1. The maximum Gasteiger partial charge on any atom is 0.188 e. The largest absolute Gasteiger partial charge is 0.496 e. The molecule has 1 saturated heterocycles. The third-order valence-corrected chi connectivity index (χ3v) is 4.60. The summed E-state index contributed by atoms with van der Waals surface area (Å²) in [4.78, 5) is 6.94. The molecule has 1 unspecified atom stereocenters. The van der Waals surface area contributed by atoms with Crippen molar-refractivity contribution in [3.05, 3.63) is 18.2 Å². The summed E-state index contributed by atoms with van der Waals surface area (Å²) in [6.07, 6.45) is 3.29. The van der Waals surface area contributed by atoms with Crippen molar-refractivity contribution >= 4 is 5.96 Å². The zero-order valence-corrected chi connectivity index (χ0v) is 16.2. The number of rotatable bonds is 10. The standard InChI is InChI=1S/C19H32N4O3/c1-4-23-9-5-7-15(23)14-22-19(20)21-8-6-10-26-18-12-16(24-2)11-17(13-18)25-3/h11-13,15H,4-10,14H2,1-3H3,(H3,20,21,22). The molecule has 1 aromatic rings. The number of ether oxygens (including phenoxy) is 3. The van der Waals surface area contributed by atoms with Gasteiger partial charge in [0.15, 0.2) is 5.96 Å². The normalized spacial score (nSPS) is 18.0. The van der Waals surface area contributed by atoms with E-state index in [9.17, 15) is 0 Å². The second kappa shape index (κ2) is 10.8. The second-order valence-electron chi connectivity index (χ2n) is 6.33. The van der Waals surface area contributed by atoms with E-state index in [1.807, 2.05) is 18.2 Å². The number of benzene rings is 1. The van der Waals surface area contributed by atoms with Gasteiger partial charge in [-0.1, -0.05) is 6.92 Å². The van der Waals surface area contributed by atoms with Crippen molar-refractivity contribution in [2.75, 3.05) is 47.0 Å². The van der Waals surface area contributed by atoms with E-state index in [-0.39, 0.29) is 0 Å². The van der Waals surface area contributed by atoms with Crippen LogP contribution in [0.1, 0.15) is 26.2 Å². The Hall–Kier alpha value is -2.15. The molecule has 0 bridgehead atoms. The lowest BCUT2D eigenvalue weighted by molar-refractivity contribution is 0.273. The van der Waals surface area contributed by atoms with E-state index in [4.69, 9.17) is 19.9 Å². The van der Waals surface area contributed by atoms with Crippen molar-refractivity contribution in [1.82, 2.24) is 10.2 Å². The molecule has 0 aromatic heterocycles. The Kier molecular flexibility index (Phi) is 8.34. The number of methoxy groups -OCH3 is 2. The fourth-order valence-electron chi connectivity index (χ4n) is 3.12. The molecule has 2 rings (SSSR count). The zero-order chi connectivity index (χ0) is 18.8. The Morgan fingerprint density at radius 1 is 1.23 bits per heavy atom. The highest BCUT2D eigenvalue weighted by atomic mass is 16.5. The van der Waals surface area contributed by atoms with E-state index in [1.54, 1.807) is 14.2 Å². The van der Waals surface area contributed by atoms with Gasteiger partial charge in [0, 0.05) is 30.8 Å². The van der Waals surface area contributed by atoms with Crippen LogP contribution in [0.4, 0.5) is 0 Å².